The highest BCUT2D eigenvalue weighted by Crippen LogP contribution is 2.28. The van der Waals surface area contributed by atoms with Crippen LogP contribution < -0.4 is 0 Å². The topological polar surface area (TPSA) is 90.7 Å². The van der Waals surface area contributed by atoms with Crippen LogP contribution in [0.2, 0.25) is 5.02 Å². The number of halogens is 1. The van der Waals surface area contributed by atoms with Gasteiger partial charge in [-0.3, -0.25) is 4.98 Å². The van der Waals surface area contributed by atoms with E-state index in [1.807, 2.05) is 37.3 Å². The molecule has 0 unspecified atom stereocenters. The summed E-state index contributed by atoms with van der Waals surface area (Å²) in [5.41, 5.74) is 2.68. The minimum atomic E-state index is 0.419. The molecule has 0 saturated carbocycles. The summed E-state index contributed by atoms with van der Waals surface area (Å²) < 4.78 is 10.9. The second-order valence-electron chi connectivity index (χ2n) is 5.37. The number of hydrogen-bond acceptors (Lipinski definition) is 8. The molecule has 7 nitrogen and oxygen atoms in total. The van der Waals surface area contributed by atoms with E-state index in [1.54, 1.807) is 12.4 Å². The summed E-state index contributed by atoms with van der Waals surface area (Å²) in [5.74, 6) is 1.84. The summed E-state index contributed by atoms with van der Waals surface area (Å²) in [6.45, 7) is 1.97. The summed E-state index contributed by atoms with van der Waals surface area (Å²) in [5, 5.41) is 13.1. The molecular formula is C17H12ClN5O2S. The van der Waals surface area contributed by atoms with Gasteiger partial charge < -0.3 is 8.94 Å². The zero-order valence-corrected chi connectivity index (χ0v) is 15.2. The summed E-state index contributed by atoms with van der Waals surface area (Å²) in [4.78, 5) is 8.35. The molecule has 0 atom stereocenters. The minimum absolute atomic E-state index is 0.419. The Labute approximate surface area is 157 Å². The van der Waals surface area contributed by atoms with Crippen molar-refractivity contribution in [1.29, 1.82) is 0 Å². The van der Waals surface area contributed by atoms with Crippen molar-refractivity contribution in [3.63, 3.8) is 0 Å². The van der Waals surface area contributed by atoms with Gasteiger partial charge in [-0.2, -0.15) is 4.98 Å². The Morgan fingerprint density at radius 2 is 1.96 bits per heavy atom. The highest BCUT2D eigenvalue weighted by atomic mass is 35.5. The van der Waals surface area contributed by atoms with Gasteiger partial charge in [0.25, 0.3) is 5.22 Å². The first-order valence-electron chi connectivity index (χ1n) is 7.65. The van der Waals surface area contributed by atoms with Crippen molar-refractivity contribution in [3.8, 4) is 22.8 Å². The molecule has 3 aromatic heterocycles. The third kappa shape index (κ3) is 3.61. The van der Waals surface area contributed by atoms with Gasteiger partial charge in [0.1, 0.15) is 0 Å². The summed E-state index contributed by atoms with van der Waals surface area (Å²) >= 11 is 7.37. The van der Waals surface area contributed by atoms with Gasteiger partial charge in [-0.15, -0.1) is 10.2 Å². The Hall–Kier alpha value is -2.71. The lowest BCUT2D eigenvalue weighted by Gasteiger charge is -2.00. The van der Waals surface area contributed by atoms with Crippen LogP contribution in [0.4, 0.5) is 0 Å². The van der Waals surface area contributed by atoms with E-state index >= 15 is 0 Å². The van der Waals surface area contributed by atoms with Crippen LogP contribution in [0.5, 0.6) is 0 Å². The highest BCUT2D eigenvalue weighted by Gasteiger charge is 2.14. The predicted octanol–water partition coefficient (Wildman–Crippen LogP) is 4.44. The second-order valence-corrected chi connectivity index (χ2v) is 6.73. The van der Waals surface area contributed by atoms with Gasteiger partial charge in [0.2, 0.25) is 17.6 Å². The van der Waals surface area contributed by atoms with E-state index in [-0.39, 0.29) is 0 Å². The zero-order valence-electron chi connectivity index (χ0n) is 13.6. The number of aryl methyl sites for hydroxylation is 1. The van der Waals surface area contributed by atoms with E-state index in [9.17, 15) is 0 Å². The molecule has 130 valence electrons. The Morgan fingerprint density at radius 3 is 2.81 bits per heavy atom. The molecule has 9 heteroatoms. The number of aromatic nitrogens is 5. The van der Waals surface area contributed by atoms with Crippen molar-refractivity contribution < 1.29 is 8.94 Å². The molecule has 0 N–H and O–H groups in total. The van der Waals surface area contributed by atoms with Crippen molar-refractivity contribution in [1.82, 2.24) is 25.3 Å². The maximum atomic E-state index is 6.04. The number of hydrogen-bond donors (Lipinski definition) is 0. The highest BCUT2D eigenvalue weighted by molar-refractivity contribution is 7.98. The molecule has 4 rings (SSSR count). The van der Waals surface area contributed by atoms with Crippen LogP contribution in [-0.2, 0) is 5.75 Å². The zero-order chi connectivity index (χ0) is 17.9. The van der Waals surface area contributed by atoms with Crippen LogP contribution in [0.1, 0.15) is 11.5 Å². The first-order valence-corrected chi connectivity index (χ1v) is 9.01. The molecular weight excluding hydrogens is 374 g/mol. The molecule has 0 fully saturated rings. The fraction of sp³-hybridized carbons (Fsp3) is 0.118. The van der Waals surface area contributed by atoms with Crippen molar-refractivity contribution in [2.24, 2.45) is 0 Å². The standard InChI is InChI=1S/C17H12ClN5O2S/c1-10-2-3-12(18)8-13(10)15-20-17(25-23-15)26-9-14-21-22-16(24-14)11-4-6-19-7-5-11/h2-8H,9H2,1H3. The monoisotopic (exact) mass is 385 g/mol. The van der Waals surface area contributed by atoms with E-state index < -0.39 is 0 Å². The third-order valence-electron chi connectivity index (χ3n) is 3.56. The second kappa shape index (κ2) is 7.27. The summed E-state index contributed by atoms with van der Waals surface area (Å²) in [6.07, 6.45) is 3.34. The minimum Gasteiger partial charge on any atom is -0.420 e. The number of nitrogens with zero attached hydrogens (tertiary/aromatic N) is 5. The number of rotatable bonds is 5. The molecule has 0 amide bonds. The van der Waals surface area contributed by atoms with Crippen molar-refractivity contribution in [2.45, 2.75) is 17.9 Å². The summed E-state index contributed by atoms with van der Waals surface area (Å²) in [6, 6.07) is 9.17. The lowest BCUT2D eigenvalue weighted by molar-refractivity contribution is 0.341. The van der Waals surface area contributed by atoms with E-state index in [1.165, 1.54) is 11.8 Å². The number of benzene rings is 1. The molecule has 0 radical (unpaired) electrons. The van der Waals surface area contributed by atoms with E-state index in [0.717, 1.165) is 16.7 Å². The van der Waals surface area contributed by atoms with Gasteiger partial charge in [0.15, 0.2) is 0 Å². The average Bonchev–Trinajstić information content (AvgIpc) is 3.32. The van der Waals surface area contributed by atoms with Crippen LogP contribution in [-0.4, -0.2) is 25.3 Å². The van der Waals surface area contributed by atoms with Gasteiger partial charge in [-0.1, -0.05) is 34.6 Å². The average molecular weight is 386 g/mol. The Kier molecular flexibility index (Phi) is 4.68. The molecule has 26 heavy (non-hydrogen) atoms. The van der Waals surface area contributed by atoms with Crippen molar-refractivity contribution >= 4 is 23.4 Å². The fourth-order valence-corrected chi connectivity index (χ4v) is 3.04. The summed E-state index contributed by atoms with van der Waals surface area (Å²) in [7, 11) is 0. The van der Waals surface area contributed by atoms with E-state index in [0.29, 0.717) is 33.6 Å². The molecule has 0 aliphatic rings. The third-order valence-corrected chi connectivity index (χ3v) is 4.60. The van der Waals surface area contributed by atoms with Gasteiger partial charge in [-0.05, 0) is 36.8 Å². The van der Waals surface area contributed by atoms with Crippen LogP contribution in [0.25, 0.3) is 22.8 Å². The Bertz CT molecular complexity index is 1030. The fourth-order valence-electron chi connectivity index (χ4n) is 2.26. The normalized spacial score (nSPS) is 11.0. The maximum absolute atomic E-state index is 6.04. The van der Waals surface area contributed by atoms with Crippen molar-refractivity contribution in [3.05, 3.63) is 59.2 Å². The smallest absolute Gasteiger partial charge is 0.286 e. The van der Waals surface area contributed by atoms with Crippen LogP contribution >= 0.6 is 23.4 Å². The molecule has 0 spiro atoms. The van der Waals surface area contributed by atoms with Gasteiger partial charge in [-0.25, -0.2) is 0 Å². The van der Waals surface area contributed by atoms with Crippen LogP contribution in [0, 0.1) is 6.92 Å². The first kappa shape index (κ1) is 16.7. The largest absolute Gasteiger partial charge is 0.420 e. The Morgan fingerprint density at radius 1 is 1.12 bits per heavy atom. The molecule has 0 bridgehead atoms. The van der Waals surface area contributed by atoms with Crippen LogP contribution in [0.3, 0.4) is 0 Å². The quantitative estimate of drug-likeness (QED) is 0.466. The van der Waals surface area contributed by atoms with Crippen LogP contribution in [0.15, 0.2) is 56.9 Å². The van der Waals surface area contributed by atoms with Gasteiger partial charge in [0.05, 0.1) is 5.75 Å². The van der Waals surface area contributed by atoms with E-state index in [2.05, 4.69) is 25.3 Å². The SMILES string of the molecule is Cc1ccc(Cl)cc1-c1noc(SCc2nnc(-c3ccncc3)o2)n1. The molecule has 0 saturated heterocycles. The van der Waals surface area contributed by atoms with Gasteiger partial charge >= 0.3 is 0 Å². The molecule has 0 aliphatic carbocycles. The molecule has 1 aromatic carbocycles. The molecule has 0 aliphatic heterocycles. The molecule has 3 heterocycles. The predicted molar refractivity (Wildman–Crippen MR) is 96.6 cm³/mol. The Balaban J connectivity index is 1.46. The van der Waals surface area contributed by atoms with E-state index in [4.69, 9.17) is 20.5 Å². The van der Waals surface area contributed by atoms with Crippen molar-refractivity contribution in [2.75, 3.05) is 0 Å². The van der Waals surface area contributed by atoms with Gasteiger partial charge in [0, 0.05) is 28.5 Å². The molecule has 4 aromatic rings. The first-order chi connectivity index (χ1) is 12.7. The maximum Gasteiger partial charge on any atom is 0.286 e. The lowest BCUT2D eigenvalue weighted by Crippen LogP contribution is -1.85. The lowest BCUT2D eigenvalue weighted by atomic mass is 10.1. The number of pyridine rings is 1. The number of thioether (sulfide) groups is 1.